The molecule has 2 rings (SSSR count). The minimum atomic E-state index is -0.435. The van der Waals surface area contributed by atoms with Crippen LogP contribution in [0.15, 0.2) is 0 Å². The number of carbonyl (C=O) groups excluding carboxylic acids is 2. The Hall–Kier alpha value is -1.30. The molecular formula is C11H19N3O3. The summed E-state index contributed by atoms with van der Waals surface area (Å²) in [5.74, 6) is 0.0740. The van der Waals surface area contributed by atoms with Gasteiger partial charge in [-0.3, -0.25) is 4.79 Å². The van der Waals surface area contributed by atoms with E-state index < -0.39 is 6.10 Å². The minimum absolute atomic E-state index is 0.0221. The number of nitrogens with one attached hydrogen (secondary N) is 1. The standard InChI is InChI=1S/C11H19N3O3/c1-8(15)2-3-10(16)13-4-5-14-9(7-13)6-12-11(14)17/h8-9,15H,2-7H2,1H3,(H,12,17). The van der Waals surface area contributed by atoms with E-state index in [-0.39, 0.29) is 18.0 Å². The fourth-order valence-electron chi connectivity index (χ4n) is 2.32. The van der Waals surface area contributed by atoms with Crippen LogP contribution in [0.3, 0.4) is 0 Å². The molecule has 2 N–H and O–H groups in total. The molecule has 2 unspecified atom stereocenters. The first-order valence-electron chi connectivity index (χ1n) is 6.08. The lowest BCUT2D eigenvalue weighted by molar-refractivity contribution is -0.133. The number of fused-ring (bicyclic) bond motifs is 1. The van der Waals surface area contributed by atoms with Crippen LogP contribution in [-0.4, -0.2) is 65.2 Å². The van der Waals surface area contributed by atoms with Gasteiger partial charge in [0.2, 0.25) is 5.91 Å². The first-order valence-corrected chi connectivity index (χ1v) is 6.08. The van der Waals surface area contributed by atoms with Gasteiger partial charge in [0.05, 0.1) is 12.1 Å². The lowest BCUT2D eigenvalue weighted by atomic mass is 10.1. The highest BCUT2D eigenvalue weighted by molar-refractivity contribution is 5.79. The molecule has 0 spiro atoms. The van der Waals surface area contributed by atoms with Crippen molar-refractivity contribution < 1.29 is 14.7 Å². The van der Waals surface area contributed by atoms with Crippen molar-refractivity contribution in [2.24, 2.45) is 0 Å². The molecule has 0 aromatic rings. The van der Waals surface area contributed by atoms with Gasteiger partial charge in [-0.05, 0) is 13.3 Å². The molecule has 6 nitrogen and oxygen atoms in total. The van der Waals surface area contributed by atoms with Gasteiger partial charge >= 0.3 is 6.03 Å². The first-order chi connectivity index (χ1) is 8.08. The average Bonchev–Trinajstić information content (AvgIpc) is 2.67. The summed E-state index contributed by atoms with van der Waals surface area (Å²) in [6, 6.07) is 0.0952. The topological polar surface area (TPSA) is 72.9 Å². The fourth-order valence-corrected chi connectivity index (χ4v) is 2.32. The summed E-state index contributed by atoms with van der Waals surface area (Å²) in [7, 11) is 0. The number of rotatable bonds is 3. The van der Waals surface area contributed by atoms with E-state index >= 15 is 0 Å². The van der Waals surface area contributed by atoms with E-state index in [1.807, 2.05) is 0 Å². The Morgan fingerprint density at radius 3 is 3.06 bits per heavy atom. The van der Waals surface area contributed by atoms with Crippen molar-refractivity contribution in [2.45, 2.75) is 31.9 Å². The summed E-state index contributed by atoms with van der Waals surface area (Å²) in [6.45, 7) is 4.13. The summed E-state index contributed by atoms with van der Waals surface area (Å²) in [4.78, 5) is 26.8. The van der Waals surface area contributed by atoms with Crippen molar-refractivity contribution in [3.63, 3.8) is 0 Å². The number of carbonyl (C=O) groups is 2. The minimum Gasteiger partial charge on any atom is -0.393 e. The zero-order valence-corrected chi connectivity index (χ0v) is 10.1. The quantitative estimate of drug-likeness (QED) is 0.692. The second-order valence-electron chi connectivity index (χ2n) is 4.76. The van der Waals surface area contributed by atoms with Gasteiger partial charge in [0.25, 0.3) is 0 Å². The largest absolute Gasteiger partial charge is 0.393 e. The molecule has 2 fully saturated rings. The van der Waals surface area contributed by atoms with Gasteiger partial charge in [0.1, 0.15) is 0 Å². The van der Waals surface area contributed by atoms with E-state index in [1.54, 1.807) is 16.7 Å². The highest BCUT2D eigenvalue weighted by Crippen LogP contribution is 2.15. The highest BCUT2D eigenvalue weighted by atomic mass is 16.3. The van der Waals surface area contributed by atoms with Crippen molar-refractivity contribution in [3.05, 3.63) is 0 Å². The second kappa shape index (κ2) is 4.91. The van der Waals surface area contributed by atoms with E-state index in [1.165, 1.54) is 0 Å². The summed E-state index contributed by atoms with van der Waals surface area (Å²) < 4.78 is 0. The van der Waals surface area contributed by atoms with Crippen LogP contribution in [0.1, 0.15) is 19.8 Å². The maximum absolute atomic E-state index is 11.9. The van der Waals surface area contributed by atoms with E-state index in [2.05, 4.69) is 5.32 Å². The Labute approximate surface area is 101 Å². The first kappa shape index (κ1) is 12.2. The van der Waals surface area contributed by atoms with Gasteiger partial charge in [0, 0.05) is 32.6 Å². The summed E-state index contributed by atoms with van der Waals surface area (Å²) in [6.07, 6.45) is 0.446. The van der Waals surface area contributed by atoms with Gasteiger partial charge in [-0.1, -0.05) is 0 Å². The summed E-state index contributed by atoms with van der Waals surface area (Å²) in [5, 5.41) is 11.9. The maximum atomic E-state index is 11.9. The van der Waals surface area contributed by atoms with Crippen LogP contribution in [-0.2, 0) is 4.79 Å². The van der Waals surface area contributed by atoms with Crippen LogP contribution in [0, 0.1) is 0 Å². The number of hydrogen-bond donors (Lipinski definition) is 2. The number of aliphatic hydroxyl groups excluding tert-OH is 1. The molecular weight excluding hydrogens is 222 g/mol. The molecule has 2 aliphatic rings. The summed E-state index contributed by atoms with van der Waals surface area (Å²) in [5.41, 5.74) is 0. The van der Waals surface area contributed by atoms with Crippen LogP contribution in [0.4, 0.5) is 4.79 Å². The lowest BCUT2D eigenvalue weighted by Crippen LogP contribution is -2.53. The molecule has 2 heterocycles. The van der Waals surface area contributed by atoms with Gasteiger partial charge in [-0.2, -0.15) is 0 Å². The second-order valence-corrected chi connectivity index (χ2v) is 4.76. The van der Waals surface area contributed by atoms with Crippen LogP contribution >= 0.6 is 0 Å². The molecule has 2 aliphatic heterocycles. The van der Waals surface area contributed by atoms with E-state index in [9.17, 15) is 9.59 Å². The molecule has 2 atom stereocenters. The zero-order chi connectivity index (χ0) is 12.4. The van der Waals surface area contributed by atoms with Gasteiger partial charge in [-0.25, -0.2) is 4.79 Å². The highest BCUT2D eigenvalue weighted by Gasteiger charge is 2.36. The Bertz CT molecular complexity index is 319. The predicted octanol–water partition coefficient (Wildman–Crippen LogP) is -0.617. The average molecular weight is 241 g/mol. The number of nitrogens with zero attached hydrogens (tertiary/aromatic N) is 2. The van der Waals surface area contributed by atoms with Crippen molar-refractivity contribution in [3.8, 4) is 0 Å². The van der Waals surface area contributed by atoms with E-state index in [4.69, 9.17) is 5.11 Å². The van der Waals surface area contributed by atoms with Gasteiger partial charge in [-0.15, -0.1) is 0 Å². The summed E-state index contributed by atoms with van der Waals surface area (Å²) >= 11 is 0. The van der Waals surface area contributed by atoms with Crippen molar-refractivity contribution in [1.29, 1.82) is 0 Å². The Morgan fingerprint density at radius 1 is 1.59 bits per heavy atom. The molecule has 2 saturated heterocycles. The van der Waals surface area contributed by atoms with Crippen LogP contribution < -0.4 is 5.32 Å². The number of urea groups is 1. The SMILES string of the molecule is CC(O)CCC(=O)N1CCN2C(=O)NCC2C1. The molecule has 3 amide bonds. The third kappa shape index (κ3) is 2.69. The molecule has 0 aromatic carbocycles. The molecule has 0 aliphatic carbocycles. The van der Waals surface area contributed by atoms with Crippen LogP contribution in [0.5, 0.6) is 0 Å². The Kier molecular flexibility index (Phi) is 3.51. The lowest BCUT2D eigenvalue weighted by Gasteiger charge is -2.36. The van der Waals surface area contributed by atoms with Crippen LogP contribution in [0.2, 0.25) is 0 Å². The Balaban J connectivity index is 1.84. The Morgan fingerprint density at radius 2 is 2.35 bits per heavy atom. The third-order valence-electron chi connectivity index (χ3n) is 3.36. The van der Waals surface area contributed by atoms with Gasteiger partial charge < -0.3 is 20.2 Å². The monoisotopic (exact) mass is 241 g/mol. The third-order valence-corrected chi connectivity index (χ3v) is 3.36. The number of piperazine rings is 1. The maximum Gasteiger partial charge on any atom is 0.317 e. The molecule has 0 bridgehead atoms. The van der Waals surface area contributed by atoms with E-state index in [0.29, 0.717) is 39.0 Å². The van der Waals surface area contributed by atoms with Crippen molar-refractivity contribution in [1.82, 2.24) is 15.1 Å². The zero-order valence-electron chi connectivity index (χ0n) is 10.1. The van der Waals surface area contributed by atoms with Crippen LogP contribution in [0.25, 0.3) is 0 Å². The molecule has 17 heavy (non-hydrogen) atoms. The normalized spacial score (nSPS) is 25.5. The van der Waals surface area contributed by atoms with Crippen molar-refractivity contribution >= 4 is 11.9 Å². The number of hydrogen-bond acceptors (Lipinski definition) is 3. The number of amides is 3. The molecule has 96 valence electrons. The molecule has 0 radical (unpaired) electrons. The predicted molar refractivity (Wildman–Crippen MR) is 61.4 cm³/mol. The van der Waals surface area contributed by atoms with Crippen molar-refractivity contribution in [2.75, 3.05) is 26.2 Å². The van der Waals surface area contributed by atoms with E-state index in [0.717, 1.165) is 0 Å². The smallest absolute Gasteiger partial charge is 0.317 e. The fraction of sp³-hybridized carbons (Fsp3) is 0.818. The molecule has 0 aromatic heterocycles. The van der Waals surface area contributed by atoms with Gasteiger partial charge in [0.15, 0.2) is 0 Å². The molecule has 6 heteroatoms. The molecule has 0 saturated carbocycles. The number of aliphatic hydroxyl groups is 1.